The number of nitrogens with zero attached hydrogens (tertiary/aromatic N) is 2. The van der Waals surface area contributed by atoms with E-state index in [9.17, 15) is 14.0 Å². The largest absolute Gasteiger partial charge is 0.481 e. The van der Waals surface area contributed by atoms with E-state index < -0.39 is 11.9 Å². The average molecular weight is 348 g/mol. The molecule has 2 aromatic rings. The topological polar surface area (TPSA) is 70.5 Å². The molecule has 5 nitrogen and oxygen atoms in total. The lowest BCUT2D eigenvalue weighted by Crippen LogP contribution is -2.38. The molecule has 1 saturated carbocycles. The second-order valence-corrected chi connectivity index (χ2v) is 6.97. The molecule has 1 aromatic carbocycles. The third kappa shape index (κ3) is 3.46. The van der Waals surface area contributed by atoms with Crippen molar-refractivity contribution in [1.82, 2.24) is 9.88 Å². The first-order valence-electron chi connectivity index (χ1n) is 7.72. The summed E-state index contributed by atoms with van der Waals surface area (Å²) >= 11 is 1.13. The maximum absolute atomic E-state index is 13.8. The number of carbonyl (C=O) groups is 2. The predicted octanol–water partition coefficient (Wildman–Crippen LogP) is 3.27. The van der Waals surface area contributed by atoms with Gasteiger partial charge in [0.1, 0.15) is 15.7 Å². The van der Waals surface area contributed by atoms with Crippen LogP contribution in [0.25, 0.3) is 10.6 Å². The second-order valence-electron chi connectivity index (χ2n) is 5.94. The number of carbonyl (C=O) groups excluding carboxylic acids is 1. The van der Waals surface area contributed by atoms with Crippen LogP contribution in [0.1, 0.15) is 29.4 Å². The molecule has 0 aliphatic heterocycles. The van der Waals surface area contributed by atoms with Crippen molar-refractivity contribution in [2.45, 2.75) is 25.8 Å². The van der Waals surface area contributed by atoms with Gasteiger partial charge in [-0.05, 0) is 25.0 Å². The highest BCUT2D eigenvalue weighted by atomic mass is 32.1. The number of carboxylic acids is 1. The summed E-state index contributed by atoms with van der Waals surface area (Å²) < 4.78 is 13.8. The van der Waals surface area contributed by atoms with E-state index in [1.165, 1.54) is 12.3 Å². The van der Waals surface area contributed by atoms with E-state index in [1.54, 1.807) is 30.0 Å². The summed E-state index contributed by atoms with van der Waals surface area (Å²) in [5.74, 6) is -2.17. The monoisotopic (exact) mass is 348 g/mol. The Hall–Kier alpha value is -2.28. The molecule has 1 N–H and O–H groups in total. The molecule has 0 bridgehead atoms. The van der Waals surface area contributed by atoms with E-state index in [0.29, 0.717) is 15.4 Å². The summed E-state index contributed by atoms with van der Waals surface area (Å²) in [5.41, 5.74) is 0.360. The summed E-state index contributed by atoms with van der Waals surface area (Å²) in [6.45, 7) is 1.76. The summed E-state index contributed by atoms with van der Waals surface area (Å²) in [5, 5.41) is 9.52. The molecule has 1 aromatic heterocycles. The highest BCUT2D eigenvalue weighted by molar-refractivity contribution is 7.16. The van der Waals surface area contributed by atoms with Crippen LogP contribution in [0, 0.1) is 11.7 Å². The molecule has 7 heteroatoms. The van der Waals surface area contributed by atoms with Crippen LogP contribution in [0.4, 0.5) is 4.39 Å². The second kappa shape index (κ2) is 6.68. The van der Waals surface area contributed by atoms with Crippen LogP contribution in [0.15, 0.2) is 30.5 Å². The van der Waals surface area contributed by atoms with Crippen LogP contribution >= 0.6 is 11.3 Å². The zero-order valence-electron chi connectivity index (χ0n) is 13.1. The Morgan fingerprint density at radius 3 is 2.75 bits per heavy atom. The molecule has 1 amide bonds. The van der Waals surface area contributed by atoms with Gasteiger partial charge in [0.25, 0.3) is 5.91 Å². The Bertz CT molecular complexity index is 773. The first-order chi connectivity index (χ1) is 11.5. The Kier molecular flexibility index (Phi) is 4.62. The van der Waals surface area contributed by atoms with Crippen molar-refractivity contribution in [3.05, 3.63) is 41.2 Å². The fraction of sp³-hybridized carbons (Fsp3) is 0.353. The van der Waals surface area contributed by atoms with Gasteiger partial charge in [-0.25, -0.2) is 9.37 Å². The maximum atomic E-state index is 13.8. The summed E-state index contributed by atoms with van der Waals surface area (Å²) in [4.78, 5) is 30.0. The van der Waals surface area contributed by atoms with Crippen LogP contribution in [-0.4, -0.2) is 39.5 Å². The van der Waals surface area contributed by atoms with E-state index in [-0.39, 0.29) is 24.3 Å². The van der Waals surface area contributed by atoms with Crippen molar-refractivity contribution < 1.29 is 19.1 Å². The minimum absolute atomic E-state index is 0.0957. The SMILES string of the molecule is CC(CN(C(=O)c1cnc(-c2ccccc2F)s1)C1CC1)C(=O)O. The van der Waals surface area contributed by atoms with Gasteiger partial charge in [-0.3, -0.25) is 9.59 Å². The Labute approximate surface area is 142 Å². The van der Waals surface area contributed by atoms with Crippen LogP contribution in [-0.2, 0) is 4.79 Å². The number of aliphatic carboxylic acids is 1. The first kappa shape index (κ1) is 16.6. The summed E-state index contributed by atoms with van der Waals surface area (Å²) in [6, 6.07) is 6.38. The molecule has 126 valence electrons. The van der Waals surface area contributed by atoms with E-state index in [4.69, 9.17) is 5.11 Å². The molecule has 1 heterocycles. The zero-order valence-corrected chi connectivity index (χ0v) is 13.9. The normalized spacial score (nSPS) is 15.1. The lowest BCUT2D eigenvalue weighted by atomic mass is 10.1. The van der Waals surface area contributed by atoms with E-state index >= 15 is 0 Å². The minimum Gasteiger partial charge on any atom is -0.481 e. The minimum atomic E-state index is -0.926. The number of hydrogen-bond donors (Lipinski definition) is 1. The molecule has 1 aliphatic carbocycles. The van der Waals surface area contributed by atoms with Gasteiger partial charge >= 0.3 is 5.97 Å². The maximum Gasteiger partial charge on any atom is 0.308 e. The standard InChI is InChI=1S/C17H17FN2O3S/c1-10(17(22)23)9-20(11-6-7-11)16(21)14-8-19-15(24-14)12-4-2-3-5-13(12)18/h2-5,8,10-11H,6-7,9H2,1H3,(H,22,23). The summed E-state index contributed by atoms with van der Waals surface area (Å²) in [6.07, 6.45) is 3.21. The van der Waals surface area contributed by atoms with Gasteiger partial charge in [0.2, 0.25) is 0 Å². The van der Waals surface area contributed by atoms with Crippen molar-refractivity contribution in [3.63, 3.8) is 0 Å². The quantitative estimate of drug-likeness (QED) is 0.870. The molecular formula is C17H17FN2O3S. The van der Waals surface area contributed by atoms with Gasteiger partial charge in [0, 0.05) is 18.2 Å². The van der Waals surface area contributed by atoms with E-state index in [2.05, 4.69) is 4.98 Å². The molecule has 0 radical (unpaired) electrons. The van der Waals surface area contributed by atoms with Crippen molar-refractivity contribution >= 4 is 23.2 Å². The van der Waals surface area contributed by atoms with Gasteiger partial charge in [0.15, 0.2) is 0 Å². The molecule has 0 spiro atoms. The number of amides is 1. The van der Waals surface area contributed by atoms with Crippen molar-refractivity contribution in [2.24, 2.45) is 5.92 Å². The number of thiazole rings is 1. The number of rotatable bonds is 6. The van der Waals surface area contributed by atoms with Gasteiger partial charge in [-0.1, -0.05) is 19.1 Å². The van der Waals surface area contributed by atoms with E-state index in [1.807, 2.05) is 0 Å². The lowest BCUT2D eigenvalue weighted by Gasteiger charge is -2.23. The Balaban J connectivity index is 1.81. The molecule has 1 fully saturated rings. The van der Waals surface area contributed by atoms with Crippen LogP contribution < -0.4 is 0 Å². The molecule has 24 heavy (non-hydrogen) atoms. The number of hydrogen-bond acceptors (Lipinski definition) is 4. The van der Waals surface area contributed by atoms with Gasteiger partial charge in [-0.15, -0.1) is 11.3 Å². The van der Waals surface area contributed by atoms with Gasteiger partial charge in [-0.2, -0.15) is 0 Å². The molecule has 1 aliphatic rings. The third-order valence-electron chi connectivity index (χ3n) is 3.96. The highest BCUT2D eigenvalue weighted by Crippen LogP contribution is 2.32. The predicted molar refractivity (Wildman–Crippen MR) is 88.4 cm³/mol. The molecule has 1 unspecified atom stereocenters. The van der Waals surface area contributed by atoms with Crippen LogP contribution in [0.5, 0.6) is 0 Å². The van der Waals surface area contributed by atoms with E-state index in [0.717, 1.165) is 24.2 Å². The van der Waals surface area contributed by atoms with Crippen molar-refractivity contribution in [3.8, 4) is 10.6 Å². The Morgan fingerprint density at radius 1 is 1.42 bits per heavy atom. The van der Waals surface area contributed by atoms with Crippen LogP contribution in [0.3, 0.4) is 0 Å². The highest BCUT2D eigenvalue weighted by Gasteiger charge is 2.35. The summed E-state index contributed by atoms with van der Waals surface area (Å²) in [7, 11) is 0. The Morgan fingerprint density at radius 2 is 2.12 bits per heavy atom. The zero-order chi connectivity index (χ0) is 17.3. The number of aromatic nitrogens is 1. The van der Waals surface area contributed by atoms with Crippen molar-refractivity contribution in [2.75, 3.05) is 6.54 Å². The molecule has 0 saturated heterocycles. The van der Waals surface area contributed by atoms with Gasteiger partial charge in [0.05, 0.1) is 12.1 Å². The number of benzene rings is 1. The lowest BCUT2D eigenvalue weighted by molar-refractivity contribution is -0.141. The molecule has 3 rings (SSSR count). The molecular weight excluding hydrogens is 331 g/mol. The molecule has 1 atom stereocenters. The fourth-order valence-electron chi connectivity index (χ4n) is 2.43. The first-order valence-corrected chi connectivity index (χ1v) is 8.53. The fourth-order valence-corrected chi connectivity index (χ4v) is 3.33. The number of carboxylic acid groups (broad SMARTS) is 1. The average Bonchev–Trinajstić information content (AvgIpc) is 3.28. The number of halogens is 1. The third-order valence-corrected chi connectivity index (χ3v) is 4.98. The van der Waals surface area contributed by atoms with Gasteiger partial charge < -0.3 is 10.0 Å². The van der Waals surface area contributed by atoms with Crippen molar-refractivity contribution in [1.29, 1.82) is 0 Å². The smallest absolute Gasteiger partial charge is 0.308 e. The van der Waals surface area contributed by atoms with Crippen LogP contribution in [0.2, 0.25) is 0 Å².